The van der Waals surface area contributed by atoms with E-state index in [4.69, 9.17) is 9.47 Å². The molecule has 0 aliphatic rings. The average molecular weight is 524 g/mol. The topological polar surface area (TPSA) is 57.5 Å². The van der Waals surface area contributed by atoms with E-state index in [1.165, 1.54) is 0 Å². The molecule has 192 valence electrons. The van der Waals surface area contributed by atoms with Crippen molar-refractivity contribution in [3.63, 3.8) is 0 Å². The zero-order valence-corrected chi connectivity index (χ0v) is 22.6. The highest BCUT2D eigenvalue weighted by atomic mass is 32.2. The molecule has 0 unspecified atom stereocenters. The lowest BCUT2D eigenvalue weighted by atomic mass is 10.1. The Hall–Kier alpha value is -4.29. The summed E-state index contributed by atoms with van der Waals surface area (Å²) < 4.78 is 40.8. The summed E-state index contributed by atoms with van der Waals surface area (Å²) in [6.45, 7) is 4.00. The van der Waals surface area contributed by atoms with Crippen LogP contribution in [-0.4, -0.2) is 27.2 Å². The maximum Gasteiger partial charge on any atom is 0.207 e. The number of hydrogen-bond acceptors (Lipinski definition) is 4. The van der Waals surface area contributed by atoms with Crippen LogP contribution >= 0.6 is 0 Å². The first-order chi connectivity index (χ1) is 18.5. The third-order valence-electron chi connectivity index (χ3n) is 6.61. The Bertz CT molecular complexity index is 1810. The number of nitrogens with zero attached hydrogens (tertiary/aromatic N) is 1. The quantitative estimate of drug-likeness (QED) is 0.231. The highest BCUT2D eigenvalue weighted by Crippen LogP contribution is 2.40. The second kappa shape index (κ2) is 10.2. The zero-order valence-electron chi connectivity index (χ0n) is 21.8. The van der Waals surface area contributed by atoms with Gasteiger partial charge in [-0.25, -0.2) is 8.42 Å². The first-order valence-corrected chi connectivity index (χ1v) is 14.0. The summed E-state index contributed by atoms with van der Waals surface area (Å²) in [5, 5.41) is 3.50. The van der Waals surface area contributed by atoms with Crippen LogP contribution in [0.3, 0.4) is 0 Å². The van der Waals surface area contributed by atoms with Crippen LogP contribution in [0.1, 0.15) is 13.8 Å². The van der Waals surface area contributed by atoms with Crippen molar-refractivity contribution in [3.05, 3.63) is 103 Å². The summed E-state index contributed by atoms with van der Waals surface area (Å²) in [5.74, 6) is 1.49. The number of sulfone groups is 1. The van der Waals surface area contributed by atoms with Crippen molar-refractivity contribution in [1.82, 2.24) is 4.57 Å². The van der Waals surface area contributed by atoms with Crippen molar-refractivity contribution >= 4 is 42.4 Å². The normalized spacial score (nSPS) is 11.4. The second-order valence-electron chi connectivity index (χ2n) is 8.55. The number of aromatic nitrogens is 1. The zero-order chi connectivity index (χ0) is 26.9. The second-order valence-corrected chi connectivity index (χ2v) is 10.5. The minimum absolute atomic E-state index is 0.268. The molecule has 0 radical (unpaired) electrons. The standard InChI is InChI=1S/C30H23NO4S.C2H6/c1-34-21-14-16-26-24(18-21)25-19-22(35-2)15-17-27(25)31(26)28-12-6-8-20-9-7-13-29(30(20)28)36(32,33)23-10-4-3-5-11-23;1-2/h3-19H,1-2H3;1-2H3. The van der Waals surface area contributed by atoms with Gasteiger partial charge in [0.1, 0.15) is 11.5 Å². The summed E-state index contributed by atoms with van der Waals surface area (Å²) in [4.78, 5) is 0.544. The molecule has 0 spiro atoms. The Morgan fingerprint density at radius 3 is 1.74 bits per heavy atom. The Labute approximate surface area is 222 Å². The molecule has 6 rings (SSSR count). The molecule has 5 nitrogen and oxygen atoms in total. The lowest BCUT2D eigenvalue weighted by molar-refractivity contribution is 0.415. The summed E-state index contributed by atoms with van der Waals surface area (Å²) in [5.41, 5.74) is 2.68. The molecule has 0 N–H and O–H groups in total. The maximum absolute atomic E-state index is 13.8. The number of benzene rings is 5. The molecular weight excluding hydrogens is 494 g/mol. The Morgan fingerprint density at radius 1 is 0.632 bits per heavy atom. The molecule has 0 bridgehead atoms. The van der Waals surface area contributed by atoms with E-state index in [1.54, 1.807) is 50.6 Å². The molecule has 0 aliphatic heterocycles. The predicted molar refractivity (Wildman–Crippen MR) is 155 cm³/mol. The molecule has 6 heteroatoms. The summed E-state index contributed by atoms with van der Waals surface area (Å²) in [6.07, 6.45) is 0. The molecule has 38 heavy (non-hydrogen) atoms. The molecule has 1 aromatic heterocycles. The highest BCUT2D eigenvalue weighted by molar-refractivity contribution is 7.91. The van der Waals surface area contributed by atoms with Gasteiger partial charge < -0.3 is 14.0 Å². The lowest BCUT2D eigenvalue weighted by Crippen LogP contribution is -2.05. The third-order valence-corrected chi connectivity index (χ3v) is 8.42. The smallest absolute Gasteiger partial charge is 0.207 e. The molecule has 0 amide bonds. The number of ether oxygens (including phenoxy) is 2. The molecule has 1 heterocycles. The largest absolute Gasteiger partial charge is 0.497 e. The average Bonchev–Trinajstić information content (AvgIpc) is 3.30. The lowest BCUT2D eigenvalue weighted by Gasteiger charge is -2.15. The summed E-state index contributed by atoms with van der Waals surface area (Å²) in [7, 11) is -0.470. The monoisotopic (exact) mass is 523 g/mol. The van der Waals surface area contributed by atoms with Gasteiger partial charge in [0.05, 0.1) is 40.7 Å². The van der Waals surface area contributed by atoms with Crippen LogP contribution in [0.25, 0.3) is 38.3 Å². The molecule has 6 aromatic rings. The molecule has 0 fully saturated rings. The van der Waals surface area contributed by atoms with Crippen molar-refractivity contribution in [3.8, 4) is 17.2 Å². The maximum atomic E-state index is 13.8. The highest BCUT2D eigenvalue weighted by Gasteiger charge is 2.23. The van der Waals surface area contributed by atoms with E-state index in [-0.39, 0.29) is 9.79 Å². The number of methoxy groups -OCH3 is 2. The van der Waals surface area contributed by atoms with Crippen molar-refractivity contribution < 1.29 is 17.9 Å². The summed E-state index contributed by atoms with van der Waals surface area (Å²) >= 11 is 0. The SMILES string of the molecule is CC.COc1ccc2c(c1)c1cc(OC)ccc1n2-c1cccc2cccc(S(=O)(=O)c3ccccc3)c12. The number of rotatable bonds is 5. The van der Waals surface area contributed by atoms with Gasteiger partial charge in [0.15, 0.2) is 0 Å². The summed E-state index contributed by atoms with van der Waals surface area (Å²) in [6, 6.07) is 31.7. The fourth-order valence-electron chi connectivity index (χ4n) is 4.92. The van der Waals surface area contributed by atoms with E-state index >= 15 is 0 Å². The van der Waals surface area contributed by atoms with E-state index in [9.17, 15) is 8.42 Å². The van der Waals surface area contributed by atoms with Crippen LogP contribution in [0.4, 0.5) is 0 Å². The van der Waals surface area contributed by atoms with Gasteiger partial charge in [0.2, 0.25) is 9.84 Å². The number of hydrogen-bond donors (Lipinski definition) is 0. The van der Waals surface area contributed by atoms with Crippen molar-refractivity contribution in [2.24, 2.45) is 0 Å². The minimum atomic E-state index is -3.76. The van der Waals surface area contributed by atoms with Gasteiger partial charge in [0, 0.05) is 16.2 Å². The predicted octanol–water partition coefficient (Wildman–Crippen LogP) is 7.81. The van der Waals surface area contributed by atoms with Gasteiger partial charge in [-0.3, -0.25) is 0 Å². The Morgan fingerprint density at radius 2 is 1.18 bits per heavy atom. The third kappa shape index (κ3) is 4.07. The van der Waals surface area contributed by atoms with E-state index in [1.807, 2.05) is 80.6 Å². The van der Waals surface area contributed by atoms with Crippen molar-refractivity contribution in [2.75, 3.05) is 14.2 Å². The van der Waals surface area contributed by atoms with Crippen LogP contribution in [0.5, 0.6) is 11.5 Å². The molecule has 0 saturated carbocycles. The van der Waals surface area contributed by atoms with Crippen LogP contribution in [0.15, 0.2) is 113 Å². The van der Waals surface area contributed by atoms with Gasteiger partial charge in [-0.05, 0) is 66.0 Å². The molecule has 0 atom stereocenters. The van der Waals surface area contributed by atoms with Gasteiger partial charge >= 0.3 is 0 Å². The van der Waals surface area contributed by atoms with E-state index < -0.39 is 9.84 Å². The Kier molecular flexibility index (Phi) is 6.83. The molecule has 0 aliphatic carbocycles. The van der Waals surface area contributed by atoms with Crippen LogP contribution in [0.2, 0.25) is 0 Å². The minimum Gasteiger partial charge on any atom is -0.497 e. The van der Waals surface area contributed by atoms with Crippen LogP contribution < -0.4 is 9.47 Å². The molecule has 0 saturated heterocycles. The van der Waals surface area contributed by atoms with E-state index in [2.05, 4.69) is 4.57 Å². The fourth-order valence-corrected chi connectivity index (χ4v) is 6.44. The van der Waals surface area contributed by atoms with Gasteiger partial charge in [-0.15, -0.1) is 0 Å². The van der Waals surface area contributed by atoms with Crippen LogP contribution in [0, 0.1) is 0 Å². The van der Waals surface area contributed by atoms with Gasteiger partial charge in [0.25, 0.3) is 0 Å². The molecule has 5 aromatic carbocycles. The Balaban J connectivity index is 0.00000144. The van der Waals surface area contributed by atoms with Crippen molar-refractivity contribution in [1.29, 1.82) is 0 Å². The molecular formula is C32H29NO4S. The van der Waals surface area contributed by atoms with Gasteiger partial charge in [-0.2, -0.15) is 0 Å². The van der Waals surface area contributed by atoms with Crippen LogP contribution in [-0.2, 0) is 9.84 Å². The first-order valence-electron chi connectivity index (χ1n) is 12.5. The first kappa shape index (κ1) is 25.4. The van der Waals surface area contributed by atoms with Crippen molar-refractivity contribution in [2.45, 2.75) is 23.6 Å². The van der Waals surface area contributed by atoms with Gasteiger partial charge in [-0.1, -0.05) is 56.3 Å². The van der Waals surface area contributed by atoms with E-state index in [0.29, 0.717) is 5.39 Å². The van der Waals surface area contributed by atoms with E-state index in [0.717, 1.165) is 44.4 Å². The fraction of sp³-hybridized carbons (Fsp3) is 0.125. The number of fused-ring (bicyclic) bond motifs is 4.